The molecule has 6 heteroatoms. The van der Waals surface area contributed by atoms with Crippen LogP contribution in [0.4, 0.5) is 4.39 Å². The molecule has 4 rings (SSSR count). The van der Waals surface area contributed by atoms with Crippen LogP contribution in [0.25, 0.3) is 0 Å². The van der Waals surface area contributed by atoms with Crippen LogP contribution in [0.15, 0.2) is 59.0 Å². The second-order valence-corrected chi connectivity index (χ2v) is 7.86. The minimum absolute atomic E-state index is 0.121. The highest BCUT2D eigenvalue weighted by atomic mass is 19.1. The smallest absolute Gasteiger partial charge is 0.244 e. The van der Waals surface area contributed by atoms with Gasteiger partial charge in [0.05, 0.1) is 6.54 Å². The van der Waals surface area contributed by atoms with Gasteiger partial charge in [0.15, 0.2) is 5.89 Å². The van der Waals surface area contributed by atoms with Crippen molar-refractivity contribution >= 4 is 5.91 Å². The quantitative estimate of drug-likeness (QED) is 0.624. The minimum atomic E-state index is -0.669. The number of halogens is 1. The van der Waals surface area contributed by atoms with E-state index in [9.17, 15) is 9.18 Å². The zero-order chi connectivity index (χ0) is 21.1. The molecule has 0 spiro atoms. The Balaban J connectivity index is 1.47. The Kier molecular flexibility index (Phi) is 5.95. The molecule has 30 heavy (non-hydrogen) atoms. The summed E-state index contributed by atoms with van der Waals surface area (Å²) in [4.78, 5) is 21.4. The maximum Gasteiger partial charge on any atom is 0.244 e. The SMILES string of the molecule is CN(C)C(C(=O)N1CCc2oc(CCc3ccccc3)nc2C1)c1ccccc1F. The summed E-state index contributed by atoms with van der Waals surface area (Å²) in [7, 11) is 3.59. The average molecular weight is 407 g/mol. The summed E-state index contributed by atoms with van der Waals surface area (Å²) >= 11 is 0. The summed E-state index contributed by atoms with van der Waals surface area (Å²) < 4.78 is 20.3. The molecular weight excluding hydrogens is 381 g/mol. The first-order valence-electron chi connectivity index (χ1n) is 10.2. The Labute approximate surface area is 176 Å². The lowest BCUT2D eigenvalue weighted by Gasteiger charge is -2.32. The van der Waals surface area contributed by atoms with E-state index in [-0.39, 0.29) is 11.7 Å². The van der Waals surface area contributed by atoms with Crippen molar-refractivity contribution in [3.05, 3.63) is 88.9 Å². The highest BCUT2D eigenvalue weighted by Crippen LogP contribution is 2.27. The summed E-state index contributed by atoms with van der Waals surface area (Å²) in [6, 6.07) is 16.0. The molecule has 0 saturated heterocycles. The lowest BCUT2D eigenvalue weighted by atomic mass is 10.0. The number of oxazole rings is 1. The van der Waals surface area contributed by atoms with E-state index < -0.39 is 6.04 Å². The second-order valence-electron chi connectivity index (χ2n) is 7.86. The Morgan fingerprint density at radius 1 is 1.13 bits per heavy atom. The minimum Gasteiger partial charge on any atom is -0.445 e. The van der Waals surface area contributed by atoms with Crippen molar-refractivity contribution in [1.82, 2.24) is 14.8 Å². The molecule has 1 aliphatic rings. The number of aromatic nitrogens is 1. The van der Waals surface area contributed by atoms with Gasteiger partial charge in [0.2, 0.25) is 5.91 Å². The maximum atomic E-state index is 14.4. The van der Waals surface area contributed by atoms with Crippen LogP contribution in [0.3, 0.4) is 0 Å². The van der Waals surface area contributed by atoms with E-state index in [1.165, 1.54) is 11.6 Å². The van der Waals surface area contributed by atoms with Crippen LogP contribution in [0.5, 0.6) is 0 Å². The number of aryl methyl sites for hydroxylation is 2. The molecule has 1 aromatic heterocycles. The second kappa shape index (κ2) is 8.79. The van der Waals surface area contributed by atoms with E-state index in [1.807, 2.05) is 18.2 Å². The molecule has 0 saturated carbocycles. The molecule has 0 N–H and O–H groups in total. The van der Waals surface area contributed by atoms with E-state index in [0.29, 0.717) is 31.0 Å². The van der Waals surface area contributed by atoms with Crippen molar-refractivity contribution in [2.24, 2.45) is 0 Å². The van der Waals surface area contributed by atoms with Gasteiger partial charge < -0.3 is 9.32 Å². The molecule has 0 bridgehead atoms. The molecule has 1 aliphatic heterocycles. The fourth-order valence-electron chi connectivity index (χ4n) is 3.94. The summed E-state index contributed by atoms with van der Waals surface area (Å²) in [5.41, 5.74) is 2.44. The van der Waals surface area contributed by atoms with Crippen molar-refractivity contribution in [3.8, 4) is 0 Å². The number of amides is 1. The molecule has 1 amide bonds. The van der Waals surface area contributed by atoms with Crippen LogP contribution in [-0.2, 0) is 30.6 Å². The van der Waals surface area contributed by atoms with E-state index in [1.54, 1.807) is 42.1 Å². The summed E-state index contributed by atoms with van der Waals surface area (Å²) in [5.74, 6) is 1.07. The van der Waals surface area contributed by atoms with Gasteiger partial charge in [-0.25, -0.2) is 9.37 Å². The van der Waals surface area contributed by atoms with Crippen molar-refractivity contribution in [3.63, 3.8) is 0 Å². The third-order valence-corrected chi connectivity index (χ3v) is 5.50. The number of benzene rings is 2. The molecule has 2 aromatic carbocycles. The van der Waals surface area contributed by atoms with Gasteiger partial charge in [0, 0.05) is 24.9 Å². The summed E-state index contributed by atoms with van der Waals surface area (Å²) in [5, 5.41) is 0. The molecule has 2 heterocycles. The zero-order valence-electron chi connectivity index (χ0n) is 17.3. The van der Waals surface area contributed by atoms with Crippen LogP contribution in [0.1, 0.15) is 34.5 Å². The van der Waals surface area contributed by atoms with Gasteiger partial charge in [0.1, 0.15) is 23.3 Å². The van der Waals surface area contributed by atoms with Crippen molar-refractivity contribution in [2.75, 3.05) is 20.6 Å². The van der Waals surface area contributed by atoms with Crippen molar-refractivity contribution in [2.45, 2.75) is 31.8 Å². The van der Waals surface area contributed by atoms with Gasteiger partial charge in [-0.1, -0.05) is 48.5 Å². The van der Waals surface area contributed by atoms with E-state index in [4.69, 9.17) is 4.42 Å². The van der Waals surface area contributed by atoms with Crippen molar-refractivity contribution < 1.29 is 13.6 Å². The number of carbonyl (C=O) groups excluding carboxylic acids is 1. The fourth-order valence-corrected chi connectivity index (χ4v) is 3.94. The predicted molar refractivity (Wildman–Crippen MR) is 112 cm³/mol. The van der Waals surface area contributed by atoms with Gasteiger partial charge in [-0.2, -0.15) is 0 Å². The van der Waals surface area contributed by atoms with Crippen LogP contribution in [-0.4, -0.2) is 41.3 Å². The van der Waals surface area contributed by atoms with Gasteiger partial charge >= 0.3 is 0 Å². The lowest BCUT2D eigenvalue weighted by Crippen LogP contribution is -2.43. The summed E-state index contributed by atoms with van der Waals surface area (Å²) in [6.45, 7) is 0.930. The fraction of sp³-hybridized carbons (Fsp3) is 0.333. The van der Waals surface area contributed by atoms with Crippen LogP contribution < -0.4 is 0 Å². The average Bonchev–Trinajstić information content (AvgIpc) is 3.16. The molecule has 5 nitrogen and oxygen atoms in total. The Morgan fingerprint density at radius 2 is 1.87 bits per heavy atom. The van der Waals surface area contributed by atoms with E-state index in [0.717, 1.165) is 24.3 Å². The molecule has 0 radical (unpaired) electrons. The third-order valence-electron chi connectivity index (χ3n) is 5.50. The lowest BCUT2D eigenvalue weighted by molar-refractivity contribution is -0.137. The normalized spacial score (nSPS) is 14.6. The summed E-state index contributed by atoms with van der Waals surface area (Å²) in [6.07, 6.45) is 2.20. The Morgan fingerprint density at radius 3 is 2.60 bits per heavy atom. The molecule has 3 aromatic rings. The number of nitrogens with zero attached hydrogens (tertiary/aromatic N) is 3. The van der Waals surface area contributed by atoms with Crippen LogP contribution in [0.2, 0.25) is 0 Å². The number of fused-ring (bicyclic) bond motifs is 1. The number of hydrogen-bond acceptors (Lipinski definition) is 4. The molecule has 1 atom stereocenters. The third kappa shape index (κ3) is 4.28. The standard InChI is InChI=1S/C24H26FN3O2/c1-27(2)23(18-10-6-7-11-19(18)25)24(29)28-15-14-21-20(16-28)26-22(30-21)13-12-17-8-4-3-5-9-17/h3-11,23H,12-16H2,1-2H3. The van der Waals surface area contributed by atoms with Crippen LogP contribution in [0, 0.1) is 5.82 Å². The largest absolute Gasteiger partial charge is 0.445 e. The zero-order valence-corrected chi connectivity index (χ0v) is 17.3. The Bertz CT molecular complexity index is 1020. The maximum absolute atomic E-state index is 14.4. The van der Waals surface area contributed by atoms with Crippen molar-refractivity contribution in [1.29, 1.82) is 0 Å². The molecule has 0 fully saturated rings. The first kappa shape index (κ1) is 20.3. The molecule has 1 unspecified atom stereocenters. The number of hydrogen-bond donors (Lipinski definition) is 0. The Hall–Kier alpha value is -2.99. The monoisotopic (exact) mass is 407 g/mol. The predicted octanol–water partition coefficient (Wildman–Crippen LogP) is 3.79. The van der Waals surface area contributed by atoms with E-state index >= 15 is 0 Å². The number of carbonyl (C=O) groups is 1. The van der Waals surface area contributed by atoms with Gasteiger partial charge in [-0.05, 0) is 32.1 Å². The highest BCUT2D eigenvalue weighted by molar-refractivity contribution is 5.83. The first-order valence-corrected chi connectivity index (χ1v) is 10.2. The topological polar surface area (TPSA) is 49.6 Å². The van der Waals surface area contributed by atoms with Gasteiger partial charge in [0.25, 0.3) is 0 Å². The number of rotatable bonds is 6. The van der Waals surface area contributed by atoms with Gasteiger partial charge in [-0.3, -0.25) is 9.69 Å². The van der Waals surface area contributed by atoms with Crippen LogP contribution >= 0.6 is 0 Å². The molecule has 0 aliphatic carbocycles. The molecular formula is C24H26FN3O2. The first-order chi connectivity index (χ1) is 14.5. The van der Waals surface area contributed by atoms with E-state index in [2.05, 4.69) is 17.1 Å². The highest BCUT2D eigenvalue weighted by Gasteiger charge is 2.33. The molecule has 156 valence electrons. The van der Waals surface area contributed by atoms with Gasteiger partial charge in [-0.15, -0.1) is 0 Å². The number of likely N-dealkylation sites (N-methyl/N-ethyl adjacent to an activating group) is 1.